The minimum atomic E-state index is 0.247. The maximum Gasteiger partial charge on any atom is 0.162 e. The lowest BCUT2D eigenvalue weighted by molar-refractivity contribution is 0.0988. The van der Waals surface area contributed by atoms with E-state index in [2.05, 4.69) is 19.1 Å². The zero-order valence-corrected chi connectivity index (χ0v) is 11.6. The second-order valence-corrected chi connectivity index (χ2v) is 5.52. The van der Waals surface area contributed by atoms with Crippen LogP contribution in [-0.4, -0.2) is 5.78 Å². The Bertz CT molecular complexity index is 383. The smallest absolute Gasteiger partial charge is 0.162 e. The number of hydrogen-bond donors (Lipinski definition) is 0. The summed E-state index contributed by atoms with van der Waals surface area (Å²) in [5.41, 5.74) is 2.29. The molecule has 0 saturated heterocycles. The van der Waals surface area contributed by atoms with E-state index in [0.717, 1.165) is 17.4 Å². The molecule has 0 spiro atoms. The van der Waals surface area contributed by atoms with Crippen molar-refractivity contribution in [2.45, 2.75) is 58.3 Å². The highest BCUT2D eigenvalue weighted by molar-refractivity contribution is 5.95. The van der Waals surface area contributed by atoms with Crippen molar-refractivity contribution in [3.05, 3.63) is 35.4 Å². The zero-order valence-electron chi connectivity index (χ0n) is 11.6. The van der Waals surface area contributed by atoms with Gasteiger partial charge < -0.3 is 0 Å². The van der Waals surface area contributed by atoms with E-state index in [1.807, 2.05) is 19.1 Å². The third kappa shape index (κ3) is 3.01. The lowest BCUT2D eigenvalue weighted by atomic mass is 9.78. The van der Waals surface area contributed by atoms with Crippen molar-refractivity contribution in [2.24, 2.45) is 5.92 Å². The number of carbonyl (C=O) groups excluding carboxylic acids is 1. The lowest BCUT2D eigenvalue weighted by Crippen LogP contribution is -2.12. The molecule has 1 aliphatic rings. The highest BCUT2D eigenvalue weighted by atomic mass is 16.1. The van der Waals surface area contributed by atoms with Crippen molar-refractivity contribution in [1.29, 1.82) is 0 Å². The summed E-state index contributed by atoms with van der Waals surface area (Å²) < 4.78 is 0. The van der Waals surface area contributed by atoms with Crippen LogP contribution in [0.2, 0.25) is 0 Å². The van der Waals surface area contributed by atoms with E-state index in [1.54, 1.807) is 0 Å². The quantitative estimate of drug-likeness (QED) is 0.684. The van der Waals surface area contributed by atoms with Crippen LogP contribution in [0.5, 0.6) is 0 Å². The molecule has 0 unspecified atom stereocenters. The Balaban J connectivity index is 2.00. The molecule has 1 nitrogen and oxygen atoms in total. The van der Waals surface area contributed by atoms with Crippen molar-refractivity contribution in [2.75, 3.05) is 0 Å². The molecule has 0 atom stereocenters. The highest BCUT2D eigenvalue weighted by Gasteiger charge is 2.21. The minimum absolute atomic E-state index is 0.247. The number of hydrogen-bond acceptors (Lipinski definition) is 1. The molecule has 1 aromatic rings. The number of Topliss-reactive ketones (excluding diaryl/α,β-unsaturated/α-hetero) is 1. The molecule has 1 heteroatoms. The van der Waals surface area contributed by atoms with E-state index < -0.39 is 0 Å². The van der Waals surface area contributed by atoms with Gasteiger partial charge in [-0.3, -0.25) is 4.79 Å². The normalized spacial score (nSPS) is 23.9. The standard InChI is InChI=1S/C17H24O/c1-3-13-5-7-14(8-6-13)15-9-11-16(12-10-15)17(18)4-2/h9-14H,3-8H2,1-2H3. The van der Waals surface area contributed by atoms with Crippen LogP contribution in [-0.2, 0) is 0 Å². The van der Waals surface area contributed by atoms with E-state index >= 15 is 0 Å². The molecule has 0 radical (unpaired) electrons. The monoisotopic (exact) mass is 244 g/mol. The Morgan fingerprint density at radius 3 is 2.17 bits per heavy atom. The number of rotatable bonds is 4. The summed E-state index contributed by atoms with van der Waals surface area (Å²) in [6, 6.07) is 8.35. The van der Waals surface area contributed by atoms with Gasteiger partial charge in [0.15, 0.2) is 5.78 Å². The first-order valence-corrected chi connectivity index (χ1v) is 7.37. The van der Waals surface area contributed by atoms with Gasteiger partial charge in [0.05, 0.1) is 0 Å². The van der Waals surface area contributed by atoms with E-state index in [9.17, 15) is 4.79 Å². The highest BCUT2D eigenvalue weighted by Crippen LogP contribution is 2.36. The molecule has 1 aromatic carbocycles. The molecule has 0 amide bonds. The summed E-state index contributed by atoms with van der Waals surface area (Å²) in [5, 5.41) is 0. The van der Waals surface area contributed by atoms with Crippen LogP contribution in [0.25, 0.3) is 0 Å². The van der Waals surface area contributed by atoms with Crippen molar-refractivity contribution in [1.82, 2.24) is 0 Å². The van der Waals surface area contributed by atoms with Crippen molar-refractivity contribution in [3.8, 4) is 0 Å². The van der Waals surface area contributed by atoms with Gasteiger partial charge in [-0.1, -0.05) is 44.5 Å². The summed E-state index contributed by atoms with van der Waals surface area (Å²) in [5.74, 6) is 1.91. The van der Waals surface area contributed by atoms with Gasteiger partial charge in [-0.15, -0.1) is 0 Å². The lowest BCUT2D eigenvalue weighted by Gasteiger charge is -2.28. The molecule has 98 valence electrons. The molecule has 2 rings (SSSR count). The maximum atomic E-state index is 11.6. The fourth-order valence-corrected chi connectivity index (χ4v) is 3.05. The first kappa shape index (κ1) is 13.3. The summed E-state index contributed by atoms with van der Waals surface area (Å²) in [7, 11) is 0. The van der Waals surface area contributed by atoms with Gasteiger partial charge in [0, 0.05) is 12.0 Å². The van der Waals surface area contributed by atoms with Crippen LogP contribution in [0.15, 0.2) is 24.3 Å². The second-order valence-electron chi connectivity index (χ2n) is 5.52. The molecule has 0 aliphatic heterocycles. The Labute approximate surface area is 111 Å². The van der Waals surface area contributed by atoms with Crippen LogP contribution in [0.4, 0.5) is 0 Å². The van der Waals surface area contributed by atoms with Gasteiger partial charge in [0.2, 0.25) is 0 Å². The van der Waals surface area contributed by atoms with Crippen molar-refractivity contribution >= 4 is 5.78 Å². The molecule has 0 aromatic heterocycles. The van der Waals surface area contributed by atoms with Gasteiger partial charge in [-0.25, -0.2) is 0 Å². The summed E-state index contributed by atoms with van der Waals surface area (Å²) >= 11 is 0. The van der Waals surface area contributed by atoms with Crippen LogP contribution in [0.1, 0.15) is 74.2 Å². The Morgan fingerprint density at radius 2 is 1.67 bits per heavy atom. The molecular weight excluding hydrogens is 220 g/mol. The van der Waals surface area contributed by atoms with E-state index in [0.29, 0.717) is 6.42 Å². The molecule has 0 bridgehead atoms. The molecule has 0 heterocycles. The average molecular weight is 244 g/mol. The van der Waals surface area contributed by atoms with Gasteiger partial charge in [0.25, 0.3) is 0 Å². The number of ketones is 1. The Kier molecular flexibility index (Phi) is 4.57. The van der Waals surface area contributed by atoms with Crippen LogP contribution in [0.3, 0.4) is 0 Å². The van der Waals surface area contributed by atoms with Gasteiger partial charge in [0.1, 0.15) is 0 Å². The van der Waals surface area contributed by atoms with Crippen LogP contribution < -0.4 is 0 Å². The molecular formula is C17H24O. The first-order chi connectivity index (χ1) is 8.74. The fraction of sp³-hybridized carbons (Fsp3) is 0.588. The Morgan fingerprint density at radius 1 is 1.06 bits per heavy atom. The summed E-state index contributed by atoms with van der Waals surface area (Å²) in [6.45, 7) is 4.22. The predicted molar refractivity (Wildman–Crippen MR) is 76.1 cm³/mol. The fourth-order valence-electron chi connectivity index (χ4n) is 3.05. The maximum absolute atomic E-state index is 11.6. The Hall–Kier alpha value is -1.11. The van der Waals surface area contributed by atoms with E-state index in [-0.39, 0.29) is 5.78 Å². The van der Waals surface area contributed by atoms with Crippen molar-refractivity contribution < 1.29 is 4.79 Å². The second kappa shape index (κ2) is 6.17. The van der Waals surface area contributed by atoms with E-state index in [1.165, 1.54) is 37.7 Å². The van der Waals surface area contributed by atoms with E-state index in [4.69, 9.17) is 0 Å². The number of benzene rings is 1. The average Bonchev–Trinajstić information content (AvgIpc) is 2.47. The van der Waals surface area contributed by atoms with Crippen molar-refractivity contribution in [3.63, 3.8) is 0 Å². The first-order valence-electron chi connectivity index (χ1n) is 7.37. The topological polar surface area (TPSA) is 17.1 Å². The van der Waals surface area contributed by atoms with Crippen LogP contribution >= 0.6 is 0 Å². The summed E-state index contributed by atoms with van der Waals surface area (Å²) in [6.07, 6.45) is 7.31. The van der Waals surface area contributed by atoms with Crippen LogP contribution in [0, 0.1) is 5.92 Å². The van der Waals surface area contributed by atoms with Gasteiger partial charge in [-0.05, 0) is 43.1 Å². The number of carbonyl (C=O) groups is 1. The summed E-state index contributed by atoms with van der Waals surface area (Å²) in [4.78, 5) is 11.6. The molecule has 1 aliphatic carbocycles. The third-order valence-electron chi connectivity index (χ3n) is 4.45. The zero-order chi connectivity index (χ0) is 13.0. The van der Waals surface area contributed by atoms with Gasteiger partial charge in [-0.2, -0.15) is 0 Å². The third-order valence-corrected chi connectivity index (χ3v) is 4.45. The molecule has 18 heavy (non-hydrogen) atoms. The largest absolute Gasteiger partial charge is 0.294 e. The van der Waals surface area contributed by atoms with Gasteiger partial charge >= 0.3 is 0 Å². The molecule has 1 saturated carbocycles. The SMILES string of the molecule is CCC(=O)c1ccc(C2CCC(CC)CC2)cc1. The predicted octanol–water partition coefficient (Wildman–Crippen LogP) is 4.96. The molecule has 0 N–H and O–H groups in total. The molecule has 1 fully saturated rings. The minimum Gasteiger partial charge on any atom is -0.294 e.